The molecule has 0 aromatic rings. The quantitative estimate of drug-likeness (QED) is 0.731. The fourth-order valence-electron chi connectivity index (χ4n) is 4.00. The molecule has 0 saturated carbocycles. The first-order chi connectivity index (χ1) is 9.02. The topological polar surface area (TPSA) is 13.0 Å². The summed E-state index contributed by atoms with van der Waals surface area (Å²) in [6.07, 6.45) is 0. The van der Waals surface area contributed by atoms with Crippen molar-refractivity contribution in [3.63, 3.8) is 0 Å². The van der Waals surface area contributed by atoms with Crippen LogP contribution in [0.25, 0.3) is 0 Å². The lowest BCUT2D eigenvalue weighted by molar-refractivity contribution is -0.120. The van der Waals surface area contributed by atoms with E-state index in [-0.39, 0.29) is 11.3 Å². The SMILES string of the molecule is CC1=C(C)N(C)C(C)(C2(C)N(C)C(C)=C(C)N2C)N1C. The maximum Gasteiger partial charge on any atom is 0.152 e. The summed E-state index contributed by atoms with van der Waals surface area (Å²) in [7, 11) is 8.83. The third-order valence-corrected chi connectivity index (χ3v) is 6.57. The zero-order valence-corrected chi connectivity index (χ0v) is 14.8. The van der Waals surface area contributed by atoms with Gasteiger partial charge in [-0.25, -0.2) is 0 Å². The first-order valence-electron chi connectivity index (χ1n) is 7.33. The average Bonchev–Trinajstić information content (AvgIpc) is 2.68. The summed E-state index contributed by atoms with van der Waals surface area (Å²) in [5.74, 6) is 0. The Labute approximate surface area is 124 Å². The normalized spacial score (nSPS) is 25.5. The van der Waals surface area contributed by atoms with Gasteiger partial charge in [-0.15, -0.1) is 0 Å². The second-order valence-corrected chi connectivity index (χ2v) is 6.62. The van der Waals surface area contributed by atoms with Crippen LogP contribution < -0.4 is 0 Å². The summed E-state index contributed by atoms with van der Waals surface area (Å²) in [4.78, 5) is 9.67. The van der Waals surface area contributed by atoms with Gasteiger partial charge in [0.1, 0.15) is 0 Å². The molecule has 2 heterocycles. The van der Waals surface area contributed by atoms with Crippen molar-refractivity contribution in [1.82, 2.24) is 19.6 Å². The lowest BCUT2D eigenvalue weighted by Gasteiger charge is -2.57. The highest BCUT2D eigenvalue weighted by atomic mass is 15.6. The van der Waals surface area contributed by atoms with Crippen molar-refractivity contribution in [1.29, 1.82) is 0 Å². The van der Waals surface area contributed by atoms with Crippen LogP contribution in [0.5, 0.6) is 0 Å². The second-order valence-electron chi connectivity index (χ2n) is 6.62. The number of hydrogen-bond acceptors (Lipinski definition) is 4. The number of nitrogens with zero attached hydrogens (tertiary/aromatic N) is 4. The van der Waals surface area contributed by atoms with Gasteiger partial charge in [-0.3, -0.25) is 0 Å². The predicted molar refractivity (Wildman–Crippen MR) is 84.6 cm³/mol. The zero-order valence-electron chi connectivity index (χ0n) is 14.8. The summed E-state index contributed by atoms with van der Waals surface area (Å²) in [6.45, 7) is 13.5. The van der Waals surface area contributed by atoms with Gasteiger partial charge in [0.05, 0.1) is 0 Å². The molecule has 20 heavy (non-hydrogen) atoms. The minimum atomic E-state index is -0.121. The summed E-state index contributed by atoms with van der Waals surface area (Å²) < 4.78 is 0. The Hall–Kier alpha value is -1.32. The van der Waals surface area contributed by atoms with E-state index < -0.39 is 0 Å². The highest BCUT2D eigenvalue weighted by molar-refractivity contribution is 5.31. The Morgan fingerprint density at radius 3 is 0.800 bits per heavy atom. The van der Waals surface area contributed by atoms with Crippen molar-refractivity contribution < 1.29 is 0 Å². The van der Waals surface area contributed by atoms with Crippen LogP contribution in [0.15, 0.2) is 22.8 Å². The van der Waals surface area contributed by atoms with Gasteiger partial charge in [-0.2, -0.15) is 0 Å². The van der Waals surface area contributed by atoms with Gasteiger partial charge in [0.25, 0.3) is 0 Å². The smallest absolute Gasteiger partial charge is 0.152 e. The Morgan fingerprint density at radius 1 is 0.500 bits per heavy atom. The molecular weight excluding hydrogens is 248 g/mol. The molecule has 0 atom stereocenters. The van der Waals surface area contributed by atoms with Gasteiger partial charge in [-0.1, -0.05) is 0 Å². The second kappa shape index (κ2) is 4.09. The molecule has 0 aliphatic carbocycles. The van der Waals surface area contributed by atoms with Crippen LogP contribution in [0, 0.1) is 0 Å². The molecule has 0 N–H and O–H groups in total. The first-order valence-corrected chi connectivity index (χ1v) is 7.33. The summed E-state index contributed by atoms with van der Waals surface area (Å²) in [6, 6.07) is 0. The van der Waals surface area contributed by atoms with Crippen molar-refractivity contribution in [2.45, 2.75) is 52.9 Å². The van der Waals surface area contributed by atoms with Crippen molar-refractivity contribution in [2.24, 2.45) is 0 Å². The van der Waals surface area contributed by atoms with E-state index in [1.165, 1.54) is 22.8 Å². The number of hydrogen-bond donors (Lipinski definition) is 0. The summed E-state index contributed by atoms with van der Waals surface area (Å²) in [5.41, 5.74) is 5.15. The van der Waals surface area contributed by atoms with E-state index in [1.54, 1.807) is 0 Å². The van der Waals surface area contributed by atoms with E-state index in [9.17, 15) is 0 Å². The predicted octanol–water partition coefficient (Wildman–Crippen LogP) is 2.68. The molecule has 0 bridgehead atoms. The van der Waals surface area contributed by atoms with E-state index in [0.717, 1.165) is 0 Å². The Balaban J connectivity index is 2.58. The lowest BCUT2D eigenvalue weighted by atomic mass is 9.91. The zero-order chi connectivity index (χ0) is 15.6. The Kier molecular flexibility index (Phi) is 3.08. The fourth-order valence-corrected chi connectivity index (χ4v) is 4.00. The maximum absolute atomic E-state index is 2.42. The van der Waals surface area contributed by atoms with E-state index in [4.69, 9.17) is 0 Å². The van der Waals surface area contributed by atoms with Crippen LogP contribution in [0.4, 0.5) is 0 Å². The van der Waals surface area contributed by atoms with Gasteiger partial charge in [0, 0.05) is 51.0 Å². The summed E-state index contributed by atoms with van der Waals surface area (Å²) >= 11 is 0. The molecule has 0 aromatic carbocycles. The average molecular weight is 278 g/mol. The van der Waals surface area contributed by atoms with Gasteiger partial charge in [-0.05, 0) is 41.5 Å². The molecule has 0 amide bonds. The number of allylic oxidation sites excluding steroid dienone is 4. The van der Waals surface area contributed by atoms with Crippen LogP contribution in [0.3, 0.4) is 0 Å². The molecule has 4 nitrogen and oxygen atoms in total. The monoisotopic (exact) mass is 278 g/mol. The van der Waals surface area contributed by atoms with Gasteiger partial charge in [0.15, 0.2) is 11.3 Å². The molecule has 0 radical (unpaired) electrons. The molecular formula is C16H30N4. The molecule has 2 rings (SSSR count). The van der Waals surface area contributed by atoms with Crippen LogP contribution in [0.2, 0.25) is 0 Å². The van der Waals surface area contributed by atoms with Crippen molar-refractivity contribution in [3.8, 4) is 0 Å². The third-order valence-electron chi connectivity index (χ3n) is 6.57. The van der Waals surface area contributed by atoms with Crippen LogP contribution in [0.1, 0.15) is 41.5 Å². The summed E-state index contributed by atoms with van der Waals surface area (Å²) in [5, 5.41) is 0. The lowest BCUT2D eigenvalue weighted by Crippen LogP contribution is -2.73. The maximum atomic E-state index is 2.42. The molecule has 0 fully saturated rings. The van der Waals surface area contributed by atoms with E-state index in [1.807, 2.05) is 0 Å². The molecule has 0 unspecified atom stereocenters. The highest BCUT2D eigenvalue weighted by Gasteiger charge is 2.61. The van der Waals surface area contributed by atoms with Gasteiger partial charge in [0.2, 0.25) is 0 Å². The van der Waals surface area contributed by atoms with Gasteiger partial charge < -0.3 is 19.6 Å². The van der Waals surface area contributed by atoms with Crippen molar-refractivity contribution >= 4 is 0 Å². The van der Waals surface area contributed by atoms with Crippen LogP contribution in [-0.2, 0) is 0 Å². The van der Waals surface area contributed by atoms with E-state index >= 15 is 0 Å². The molecule has 0 saturated heterocycles. The molecule has 0 spiro atoms. The number of likely N-dealkylation sites (N-methyl/N-ethyl adjacent to an activating group) is 4. The third kappa shape index (κ3) is 1.32. The highest BCUT2D eigenvalue weighted by Crippen LogP contribution is 2.49. The Morgan fingerprint density at radius 2 is 0.650 bits per heavy atom. The standard InChI is InChI=1S/C16H30N4/c1-11-12(2)18(8)15(5,17(11)7)16(6)19(9)13(3)14(4)20(16)10/h1-10H3. The number of rotatable bonds is 1. The van der Waals surface area contributed by atoms with E-state index in [0.29, 0.717) is 0 Å². The van der Waals surface area contributed by atoms with E-state index in [2.05, 4.69) is 89.3 Å². The van der Waals surface area contributed by atoms with Gasteiger partial charge >= 0.3 is 0 Å². The molecule has 0 aromatic heterocycles. The minimum absolute atomic E-state index is 0.121. The molecule has 4 heteroatoms. The fraction of sp³-hybridized carbons (Fsp3) is 0.750. The van der Waals surface area contributed by atoms with Crippen molar-refractivity contribution in [3.05, 3.63) is 22.8 Å². The first kappa shape index (κ1) is 15.1. The van der Waals surface area contributed by atoms with Crippen molar-refractivity contribution in [2.75, 3.05) is 28.2 Å². The Bertz CT molecular complexity index is 421. The largest absolute Gasteiger partial charge is 0.351 e. The molecule has 2 aliphatic heterocycles. The molecule has 114 valence electrons. The minimum Gasteiger partial charge on any atom is -0.351 e. The van der Waals surface area contributed by atoms with Crippen LogP contribution >= 0.6 is 0 Å². The molecule has 2 aliphatic rings. The van der Waals surface area contributed by atoms with Crippen LogP contribution in [-0.4, -0.2) is 59.1 Å².